The van der Waals surface area contributed by atoms with E-state index >= 15 is 0 Å². The Morgan fingerprint density at radius 2 is 1.63 bits per heavy atom. The average molecular weight is 414 g/mol. The quantitative estimate of drug-likeness (QED) is 0.571. The van der Waals surface area contributed by atoms with Crippen molar-refractivity contribution >= 4 is 17.6 Å². The van der Waals surface area contributed by atoms with E-state index in [0.29, 0.717) is 23.8 Å². The molecule has 1 N–H and O–H groups in total. The lowest BCUT2D eigenvalue weighted by atomic mass is 9.97. The fourth-order valence-corrected chi connectivity index (χ4v) is 3.06. The summed E-state index contributed by atoms with van der Waals surface area (Å²) in [6, 6.07) is 13.2. The molecule has 2 rings (SSSR count). The van der Waals surface area contributed by atoms with Crippen LogP contribution in [0.2, 0.25) is 0 Å². The molecular formula is C24H31NO5. The van der Waals surface area contributed by atoms with Crippen molar-refractivity contribution in [3.63, 3.8) is 0 Å². The van der Waals surface area contributed by atoms with Gasteiger partial charge in [-0.3, -0.25) is 9.59 Å². The molecule has 0 aliphatic rings. The van der Waals surface area contributed by atoms with Crippen molar-refractivity contribution in [1.82, 2.24) is 0 Å². The van der Waals surface area contributed by atoms with Gasteiger partial charge in [0.2, 0.25) is 0 Å². The lowest BCUT2D eigenvalue weighted by Crippen LogP contribution is -2.30. The van der Waals surface area contributed by atoms with Gasteiger partial charge >= 0.3 is 5.97 Å². The fraction of sp³-hybridized carbons (Fsp3) is 0.417. The van der Waals surface area contributed by atoms with Gasteiger partial charge in [0.25, 0.3) is 5.91 Å². The van der Waals surface area contributed by atoms with Gasteiger partial charge in [-0.2, -0.15) is 0 Å². The number of methoxy groups -OCH3 is 2. The van der Waals surface area contributed by atoms with Crippen molar-refractivity contribution < 1.29 is 23.8 Å². The summed E-state index contributed by atoms with van der Waals surface area (Å²) in [4.78, 5) is 24.8. The second kappa shape index (κ2) is 11.2. The smallest absolute Gasteiger partial charge is 0.306 e. The van der Waals surface area contributed by atoms with E-state index in [1.807, 2.05) is 36.4 Å². The molecule has 0 aromatic heterocycles. The number of anilines is 1. The molecule has 0 bridgehead atoms. The number of benzene rings is 2. The largest absolute Gasteiger partial charge is 0.497 e. The van der Waals surface area contributed by atoms with Crippen LogP contribution in [0.4, 0.5) is 5.69 Å². The van der Waals surface area contributed by atoms with E-state index in [-0.39, 0.29) is 12.3 Å². The van der Waals surface area contributed by atoms with E-state index in [4.69, 9.17) is 14.2 Å². The summed E-state index contributed by atoms with van der Waals surface area (Å²) in [7, 11) is 3.15. The Morgan fingerprint density at radius 3 is 2.23 bits per heavy atom. The molecule has 0 aliphatic carbocycles. The minimum Gasteiger partial charge on any atom is -0.497 e. The third-order valence-corrected chi connectivity index (χ3v) is 5.07. The second-order valence-electron chi connectivity index (χ2n) is 7.24. The third kappa shape index (κ3) is 6.51. The van der Waals surface area contributed by atoms with Crippen LogP contribution in [-0.4, -0.2) is 32.2 Å². The Kier molecular flexibility index (Phi) is 8.71. The number of nitrogens with one attached hydrogen (secondary N) is 1. The summed E-state index contributed by atoms with van der Waals surface area (Å²) in [6.45, 7) is 5.79. The molecule has 6 nitrogen and oxygen atoms in total. The van der Waals surface area contributed by atoms with E-state index in [2.05, 4.69) is 19.2 Å². The standard InChI is InChI=1S/C24H31NO5/c1-6-16(2)21-9-7-8-10-22(21)25-24(27)17(3)30-23(26)12-11-18-13-19(28-4)15-20(14-18)29-5/h7-10,13-17H,6,11-12H2,1-5H3,(H,25,27). The number of aryl methyl sites for hydroxylation is 1. The molecule has 0 fully saturated rings. The predicted molar refractivity (Wildman–Crippen MR) is 117 cm³/mol. The van der Waals surface area contributed by atoms with Gasteiger partial charge in [-0.1, -0.05) is 32.0 Å². The normalized spacial score (nSPS) is 12.6. The molecule has 0 saturated heterocycles. The van der Waals surface area contributed by atoms with Gasteiger partial charge in [0.15, 0.2) is 6.10 Å². The Balaban J connectivity index is 1.92. The summed E-state index contributed by atoms with van der Waals surface area (Å²) < 4.78 is 15.8. The van der Waals surface area contributed by atoms with Crippen molar-refractivity contribution in [2.45, 2.75) is 52.1 Å². The van der Waals surface area contributed by atoms with Crippen LogP contribution in [0.25, 0.3) is 0 Å². The fourth-order valence-electron chi connectivity index (χ4n) is 3.06. The van der Waals surface area contributed by atoms with Gasteiger partial charge in [0, 0.05) is 18.2 Å². The van der Waals surface area contributed by atoms with Gasteiger partial charge in [-0.15, -0.1) is 0 Å². The highest BCUT2D eigenvalue weighted by Crippen LogP contribution is 2.27. The minimum absolute atomic E-state index is 0.150. The number of para-hydroxylation sites is 1. The van der Waals surface area contributed by atoms with Crippen LogP contribution in [-0.2, 0) is 20.7 Å². The third-order valence-electron chi connectivity index (χ3n) is 5.07. The van der Waals surface area contributed by atoms with E-state index in [1.165, 1.54) is 0 Å². The number of esters is 1. The number of amides is 1. The number of carbonyl (C=O) groups excluding carboxylic acids is 2. The van der Waals surface area contributed by atoms with Crippen LogP contribution in [0.5, 0.6) is 11.5 Å². The number of ether oxygens (including phenoxy) is 3. The maximum absolute atomic E-state index is 12.5. The summed E-state index contributed by atoms with van der Waals surface area (Å²) in [5.74, 6) is 0.854. The van der Waals surface area contributed by atoms with Crippen LogP contribution in [0, 0.1) is 0 Å². The van der Waals surface area contributed by atoms with Crippen LogP contribution in [0.3, 0.4) is 0 Å². The second-order valence-corrected chi connectivity index (χ2v) is 7.24. The zero-order valence-corrected chi connectivity index (χ0v) is 18.4. The Morgan fingerprint density at radius 1 is 1.00 bits per heavy atom. The van der Waals surface area contributed by atoms with Gasteiger partial charge < -0.3 is 19.5 Å². The maximum Gasteiger partial charge on any atom is 0.306 e. The molecule has 0 aliphatic heterocycles. The first-order chi connectivity index (χ1) is 14.4. The van der Waals surface area contributed by atoms with E-state index in [0.717, 1.165) is 23.2 Å². The molecule has 2 atom stereocenters. The van der Waals surface area contributed by atoms with Crippen molar-refractivity contribution in [2.75, 3.05) is 19.5 Å². The predicted octanol–water partition coefficient (Wildman–Crippen LogP) is 4.72. The lowest BCUT2D eigenvalue weighted by molar-refractivity contribution is -0.153. The maximum atomic E-state index is 12.5. The SMILES string of the molecule is CCC(C)c1ccccc1NC(=O)C(C)OC(=O)CCc1cc(OC)cc(OC)c1. The van der Waals surface area contributed by atoms with Crippen LogP contribution in [0.1, 0.15) is 50.7 Å². The van der Waals surface area contributed by atoms with Crippen molar-refractivity contribution in [3.8, 4) is 11.5 Å². The average Bonchev–Trinajstić information content (AvgIpc) is 2.77. The van der Waals surface area contributed by atoms with Crippen molar-refractivity contribution in [1.29, 1.82) is 0 Å². The number of hydrogen-bond acceptors (Lipinski definition) is 5. The Bertz CT molecular complexity index is 842. The Labute approximate surface area is 178 Å². The molecule has 6 heteroatoms. The molecule has 162 valence electrons. The molecule has 2 aromatic carbocycles. The van der Waals surface area contributed by atoms with Gasteiger partial charge in [0.05, 0.1) is 14.2 Å². The van der Waals surface area contributed by atoms with E-state index in [9.17, 15) is 9.59 Å². The highest BCUT2D eigenvalue weighted by atomic mass is 16.5. The number of carbonyl (C=O) groups is 2. The lowest BCUT2D eigenvalue weighted by Gasteiger charge is -2.18. The van der Waals surface area contributed by atoms with Crippen molar-refractivity contribution in [3.05, 3.63) is 53.6 Å². The first kappa shape index (κ1) is 23.3. The highest BCUT2D eigenvalue weighted by molar-refractivity contribution is 5.95. The summed E-state index contributed by atoms with van der Waals surface area (Å²) in [6.07, 6.45) is 0.684. The van der Waals surface area contributed by atoms with Gasteiger partial charge in [-0.05, 0) is 55.0 Å². The van der Waals surface area contributed by atoms with Crippen molar-refractivity contribution in [2.24, 2.45) is 0 Å². The van der Waals surface area contributed by atoms with Gasteiger partial charge in [-0.25, -0.2) is 0 Å². The minimum atomic E-state index is -0.887. The monoisotopic (exact) mass is 413 g/mol. The first-order valence-electron chi connectivity index (χ1n) is 10.2. The molecule has 0 radical (unpaired) electrons. The van der Waals surface area contributed by atoms with Crippen LogP contribution >= 0.6 is 0 Å². The molecule has 2 aromatic rings. The zero-order valence-electron chi connectivity index (χ0n) is 18.4. The van der Waals surface area contributed by atoms with E-state index in [1.54, 1.807) is 27.2 Å². The number of hydrogen-bond donors (Lipinski definition) is 1. The topological polar surface area (TPSA) is 73.9 Å². The molecule has 1 amide bonds. The van der Waals surface area contributed by atoms with Crippen LogP contribution in [0.15, 0.2) is 42.5 Å². The van der Waals surface area contributed by atoms with Crippen LogP contribution < -0.4 is 14.8 Å². The first-order valence-corrected chi connectivity index (χ1v) is 10.2. The molecule has 30 heavy (non-hydrogen) atoms. The summed E-state index contributed by atoms with van der Waals surface area (Å²) >= 11 is 0. The van der Waals surface area contributed by atoms with E-state index < -0.39 is 12.1 Å². The molecule has 2 unspecified atom stereocenters. The Hall–Kier alpha value is -3.02. The molecular weight excluding hydrogens is 382 g/mol. The summed E-state index contributed by atoms with van der Waals surface area (Å²) in [5.41, 5.74) is 2.71. The molecule has 0 saturated carbocycles. The summed E-state index contributed by atoms with van der Waals surface area (Å²) in [5, 5.41) is 2.89. The molecule has 0 heterocycles. The highest BCUT2D eigenvalue weighted by Gasteiger charge is 2.20. The number of rotatable bonds is 10. The van der Waals surface area contributed by atoms with Gasteiger partial charge in [0.1, 0.15) is 11.5 Å². The molecule has 0 spiro atoms. The zero-order chi connectivity index (χ0) is 22.1.